The van der Waals surface area contributed by atoms with Crippen LogP contribution in [-0.4, -0.2) is 95.5 Å². The standard InChI is InChI=1S/C18H20F6N4O2.C5H7N3O2.C2H6O/c1-16(2,18(22,23)24)30-6-5-14-25-11-4-3-10(7-12(11)26-14)8-28-9-13(17(19,20)21)27-15(28)29;1-3-4(5(9)6-2)8-10-7-3;1-3-2/h3-4,7,13H,5-6,8-9H2,1-2H3,(H,25,26)(H,27,29);1-2H3,(H,6,9);1-2H3. The summed E-state index contributed by atoms with van der Waals surface area (Å²) < 4.78 is 90.2. The summed E-state index contributed by atoms with van der Waals surface area (Å²) >= 11 is 0. The zero-order valence-corrected chi connectivity index (χ0v) is 24.2. The van der Waals surface area contributed by atoms with Gasteiger partial charge in [-0.3, -0.25) is 4.79 Å². The molecule has 0 aliphatic carbocycles. The van der Waals surface area contributed by atoms with Crippen molar-refractivity contribution in [1.29, 1.82) is 0 Å². The van der Waals surface area contributed by atoms with E-state index in [1.54, 1.807) is 39.3 Å². The van der Waals surface area contributed by atoms with E-state index in [1.807, 2.05) is 5.32 Å². The minimum Gasteiger partial charge on any atom is -0.388 e. The summed E-state index contributed by atoms with van der Waals surface area (Å²) in [6.07, 6.45) is -8.90. The third kappa shape index (κ3) is 9.81. The Hall–Kier alpha value is -3.93. The van der Waals surface area contributed by atoms with Gasteiger partial charge in [0.05, 0.1) is 24.2 Å². The second kappa shape index (κ2) is 14.5. The molecule has 1 saturated heterocycles. The van der Waals surface area contributed by atoms with E-state index in [9.17, 15) is 35.9 Å². The van der Waals surface area contributed by atoms with Crippen LogP contribution in [0.2, 0.25) is 0 Å². The molecule has 3 aromatic rings. The second-order valence-corrected chi connectivity index (χ2v) is 9.75. The zero-order chi connectivity index (χ0) is 32.6. The van der Waals surface area contributed by atoms with Crippen molar-refractivity contribution in [2.24, 2.45) is 0 Å². The number of carbonyl (C=O) groups excluding carboxylic acids is 2. The monoisotopic (exact) mass is 625 g/mol. The third-order valence-electron chi connectivity index (χ3n) is 5.93. The minimum absolute atomic E-state index is 0.0222. The van der Waals surface area contributed by atoms with Gasteiger partial charge in [0.2, 0.25) is 0 Å². The predicted octanol–water partition coefficient (Wildman–Crippen LogP) is 3.92. The summed E-state index contributed by atoms with van der Waals surface area (Å²) in [6, 6.07) is 2.19. The smallest absolute Gasteiger partial charge is 0.388 e. The molecule has 1 aromatic carbocycles. The fourth-order valence-corrected chi connectivity index (χ4v) is 3.50. The van der Waals surface area contributed by atoms with Gasteiger partial charge in [-0.2, -0.15) is 26.3 Å². The zero-order valence-electron chi connectivity index (χ0n) is 24.2. The van der Waals surface area contributed by atoms with Crippen LogP contribution in [0.25, 0.3) is 11.0 Å². The van der Waals surface area contributed by atoms with Gasteiger partial charge < -0.3 is 30.0 Å². The lowest BCUT2D eigenvalue weighted by Gasteiger charge is -2.27. The molecule has 1 unspecified atom stereocenters. The molecule has 4 rings (SSSR count). The van der Waals surface area contributed by atoms with E-state index >= 15 is 0 Å². The van der Waals surface area contributed by atoms with E-state index < -0.39 is 36.6 Å². The number of benzene rings is 1. The Labute approximate surface area is 242 Å². The lowest BCUT2D eigenvalue weighted by atomic mass is 10.1. The SMILES string of the molecule is CC(C)(OCCc1nc2ccc(CN3CC(C(F)(F)F)NC3=O)cc2[nH]1)C(F)(F)F.CNC(=O)c1nonc1C.COC. The first-order chi connectivity index (χ1) is 19.9. The molecule has 0 saturated carbocycles. The lowest BCUT2D eigenvalue weighted by Crippen LogP contribution is -2.42. The van der Waals surface area contributed by atoms with Crippen molar-refractivity contribution in [3.05, 3.63) is 41.0 Å². The topological polar surface area (TPSA) is 147 Å². The Bertz CT molecular complexity index is 1360. The number of imidazole rings is 1. The van der Waals surface area contributed by atoms with Crippen molar-refractivity contribution in [2.45, 2.75) is 57.7 Å². The molecule has 18 heteroatoms. The van der Waals surface area contributed by atoms with Gasteiger partial charge in [-0.25, -0.2) is 14.4 Å². The fraction of sp³-hybridized carbons (Fsp3) is 0.560. The van der Waals surface area contributed by atoms with Crippen LogP contribution in [0.1, 0.15) is 41.4 Å². The average Bonchev–Trinajstić information content (AvgIpc) is 3.61. The van der Waals surface area contributed by atoms with Gasteiger partial charge in [0, 0.05) is 34.2 Å². The number of rotatable bonds is 7. The van der Waals surface area contributed by atoms with Gasteiger partial charge in [-0.1, -0.05) is 11.2 Å². The number of aromatic amines is 1. The highest BCUT2D eigenvalue weighted by atomic mass is 19.4. The Morgan fingerprint density at radius 1 is 1.16 bits per heavy atom. The Morgan fingerprint density at radius 3 is 2.33 bits per heavy atom. The number of alkyl halides is 6. The molecule has 1 fully saturated rings. The number of fused-ring (bicyclic) bond motifs is 1. The number of carbonyl (C=O) groups is 2. The van der Waals surface area contributed by atoms with Crippen LogP contribution in [0.5, 0.6) is 0 Å². The summed E-state index contributed by atoms with van der Waals surface area (Å²) in [7, 11) is 4.77. The Balaban J connectivity index is 0.000000413. The number of halogens is 6. The first-order valence-corrected chi connectivity index (χ1v) is 12.6. The maximum atomic E-state index is 12.8. The van der Waals surface area contributed by atoms with Crippen LogP contribution in [0, 0.1) is 6.92 Å². The molecule has 1 aliphatic rings. The first kappa shape index (κ1) is 35.3. The predicted molar refractivity (Wildman–Crippen MR) is 140 cm³/mol. The highest BCUT2D eigenvalue weighted by Gasteiger charge is 2.48. The largest absolute Gasteiger partial charge is 0.416 e. The number of nitrogens with one attached hydrogen (secondary N) is 3. The van der Waals surface area contributed by atoms with Crippen molar-refractivity contribution in [2.75, 3.05) is 34.4 Å². The Kier molecular flexibility index (Phi) is 11.9. The number of aromatic nitrogens is 4. The summed E-state index contributed by atoms with van der Waals surface area (Å²) in [6.45, 7) is 2.82. The van der Waals surface area contributed by atoms with Crippen molar-refractivity contribution in [3.63, 3.8) is 0 Å². The summed E-state index contributed by atoms with van der Waals surface area (Å²) in [5.74, 6) is 0.134. The molecule has 2 aromatic heterocycles. The van der Waals surface area contributed by atoms with E-state index in [2.05, 4.69) is 35.0 Å². The Morgan fingerprint density at radius 2 is 1.81 bits per heavy atom. The summed E-state index contributed by atoms with van der Waals surface area (Å²) in [5, 5.41) is 11.1. The number of urea groups is 1. The van der Waals surface area contributed by atoms with Gasteiger partial charge in [0.25, 0.3) is 5.91 Å². The quantitative estimate of drug-likeness (QED) is 0.335. The molecule has 3 heterocycles. The number of aryl methyl sites for hydroxylation is 1. The maximum absolute atomic E-state index is 12.8. The van der Waals surface area contributed by atoms with Gasteiger partial charge in [0.1, 0.15) is 17.6 Å². The number of ether oxygens (including phenoxy) is 2. The van der Waals surface area contributed by atoms with Crippen LogP contribution >= 0.6 is 0 Å². The fourth-order valence-electron chi connectivity index (χ4n) is 3.50. The van der Waals surface area contributed by atoms with Crippen LogP contribution in [-0.2, 0) is 22.4 Å². The molecule has 3 N–H and O–H groups in total. The molecule has 12 nitrogen and oxygen atoms in total. The molecule has 240 valence electrons. The van der Waals surface area contributed by atoms with E-state index in [-0.39, 0.29) is 31.2 Å². The first-order valence-electron chi connectivity index (χ1n) is 12.6. The van der Waals surface area contributed by atoms with Crippen LogP contribution in [0.4, 0.5) is 31.1 Å². The maximum Gasteiger partial charge on any atom is 0.416 e. The number of hydrogen-bond donors (Lipinski definition) is 3. The molecule has 1 atom stereocenters. The van der Waals surface area contributed by atoms with E-state index in [0.29, 0.717) is 28.1 Å². The number of methoxy groups -OCH3 is 1. The molecule has 1 aliphatic heterocycles. The van der Waals surface area contributed by atoms with Crippen molar-refractivity contribution < 1.29 is 50.0 Å². The van der Waals surface area contributed by atoms with Crippen LogP contribution in [0.15, 0.2) is 22.8 Å². The van der Waals surface area contributed by atoms with Gasteiger partial charge in [-0.15, -0.1) is 0 Å². The number of H-pyrrole nitrogens is 1. The van der Waals surface area contributed by atoms with Crippen molar-refractivity contribution in [3.8, 4) is 0 Å². The highest BCUT2D eigenvalue weighted by molar-refractivity contribution is 5.92. The summed E-state index contributed by atoms with van der Waals surface area (Å²) in [4.78, 5) is 30.9. The second-order valence-electron chi connectivity index (χ2n) is 9.75. The molecule has 43 heavy (non-hydrogen) atoms. The van der Waals surface area contributed by atoms with Crippen molar-refractivity contribution in [1.82, 2.24) is 35.8 Å². The van der Waals surface area contributed by atoms with Gasteiger partial charge in [-0.05, 0) is 43.6 Å². The van der Waals surface area contributed by atoms with E-state index in [0.717, 1.165) is 18.7 Å². The number of nitrogens with zero attached hydrogens (tertiary/aromatic N) is 4. The number of hydrogen-bond acceptors (Lipinski definition) is 8. The minimum atomic E-state index is -4.52. The highest BCUT2D eigenvalue weighted by Crippen LogP contribution is 2.33. The van der Waals surface area contributed by atoms with Crippen LogP contribution in [0.3, 0.4) is 0 Å². The lowest BCUT2D eigenvalue weighted by molar-refractivity contribution is -0.263. The van der Waals surface area contributed by atoms with E-state index in [4.69, 9.17) is 4.74 Å². The molecule has 3 amide bonds. The summed E-state index contributed by atoms with van der Waals surface area (Å²) in [5.41, 5.74) is 0.149. The van der Waals surface area contributed by atoms with E-state index in [1.165, 1.54) is 7.05 Å². The molecule has 0 radical (unpaired) electrons. The van der Waals surface area contributed by atoms with Crippen molar-refractivity contribution >= 4 is 23.0 Å². The average molecular weight is 626 g/mol. The molecular formula is C25H33F6N7O5. The normalized spacial score (nSPS) is 15.4. The van der Waals surface area contributed by atoms with Crippen LogP contribution < -0.4 is 10.6 Å². The van der Waals surface area contributed by atoms with Gasteiger partial charge in [0.15, 0.2) is 11.3 Å². The molecule has 0 spiro atoms. The molecule has 0 bridgehead atoms. The van der Waals surface area contributed by atoms with Gasteiger partial charge >= 0.3 is 18.4 Å². The third-order valence-corrected chi connectivity index (χ3v) is 5.93. The number of amides is 3. The molecular weight excluding hydrogens is 592 g/mol.